The Bertz CT molecular complexity index is 748. The van der Waals surface area contributed by atoms with Crippen molar-refractivity contribution < 1.29 is 0 Å². The number of hydrogen-bond acceptors (Lipinski definition) is 5. The van der Waals surface area contributed by atoms with Crippen molar-refractivity contribution in [3.8, 4) is 11.8 Å². The van der Waals surface area contributed by atoms with E-state index in [1.807, 2.05) is 22.8 Å². The van der Waals surface area contributed by atoms with Crippen molar-refractivity contribution >= 4 is 12.2 Å². The highest BCUT2D eigenvalue weighted by atomic mass is 32.1. The van der Waals surface area contributed by atoms with Crippen LogP contribution in [0.5, 0.6) is 0 Å². The first-order chi connectivity index (χ1) is 10.7. The van der Waals surface area contributed by atoms with E-state index >= 15 is 0 Å². The number of rotatable bonds is 3. The molecule has 0 amide bonds. The highest BCUT2D eigenvalue weighted by Crippen LogP contribution is 2.15. The zero-order chi connectivity index (χ0) is 15.5. The number of piperazine rings is 1. The number of nitrogens with zero attached hydrogens (tertiary/aromatic N) is 5. The second-order valence-electron chi connectivity index (χ2n) is 5.52. The predicted octanol–water partition coefficient (Wildman–Crippen LogP) is 1.55. The Kier molecular flexibility index (Phi) is 4.34. The lowest BCUT2D eigenvalue weighted by Gasteiger charge is -2.31. The summed E-state index contributed by atoms with van der Waals surface area (Å²) in [5, 5.41) is 16.3. The molecule has 0 bridgehead atoms. The summed E-state index contributed by atoms with van der Waals surface area (Å²) in [5.41, 5.74) is 1.49. The zero-order valence-electron chi connectivity index (χ0n) is 12.5. The number of nitrogens with one attached hydrogen (secondary N) is 1. The third-order valence-electron chi connectivity index (χ3n) is 3.94. The first-order valence-electron chi connectivity index (χ1n) is 7.25. The van der Waals surface area contributed by atoms with Crippen molar-refractivity contribution in [1.29, 1.82) is 5.26 Å². The van der Waals surface area contributed by atoms with Crippen LogP contribution in [0.2, 0.25) is 0 Å². The normalized spacial score (nSPS) is 16.5. The number of hydrogen-bond donors (Lipinski definition) is 1. The average Bonchev–Trinajstić information content (AvgIpc) is 2.90. The molecule has 1 fully saturated rings. The topological polar surface area (TPSA) is 63.9 Å². The number of H-pyrrole nitrogens is 1. The Balaban J connectivity index is 1.88. The smallest absolute Gasteiger partial charge is 0.199 e. The van der Waals surface area contributed by atoms with Gasteiger partial charge in [-0.2, -0.15) is 10.4 Å². The minimum absolute atomic E-state index is 0.555. The van der Waals surface area contributed by atoms with E-state index in [0.29, 0.717) is 10.3 Å². The van der Waals surface area contributed by atoms with Crippen LogP contribution in [0.4, 0.5) is 0 Å². The van der Waals surface area contributed by atoms with Gasteiger partial charge in [-0.05, 0) is 37.5 Å². The Morgan fingerprint density at radius 1 is 1.32 bits per heavy atom. The van der Waals surface area contributed by atoms with Gasteiger partial charge in [0, 0.05) is 26.2 Å². The summed E-state index contributed by atoms with van der Waals surface area (Å²) in [5.74, 6) is 0.879. The molecule has 1 aromatic carbocycles. The standard InChI is InChI=1S/C15H18N6S/c1-19-5-7-20(8-6-19)11-14-17-18-15(22)21(14)13-4-2-3-12(9-13)10-16/h2-4,9H,5-8,11H2,1H3,(H,18,22). The molecule has 1 aromatic heterocycles. The Morgan fingerprint density at radius 3 is 2.82 bits per heavy atom. The highest BCUT2D eigenvalue weighted by molar-refractivity contribution is 7.71. The van der Waals surface area contributed by atoms with Crippen molar-refractivity contribution in [2.24, 2.45) is 0 Å². The van der Waals surface area contributed by atoms with Gasteiger partial charge in [-0.1, -0.05) is 6.07 Å². The van der Waals surface area contributed by atoms with Gasteiger partial charge in [0.15, 0.2) is 4.77 Å². The molecular formula is C15H18N6S. The lowest BCUT2D eigenvalue weighted by Crippen LogP contribution is -2.44. The Morgan fingerprint density at radius 2 is 2.09 bits per heavy atom. The molecule has 7 heteroatoms. The minimum Gasteiger partial charge on any atom is -0.304 e. The second-order valence-corrected chi connectivity index (χ2v) is 5.91. The van der Waals surface area contributed by atoms with Crippen LogP contribution in [0.25, 0.3) is 5.69 Å². The molecule has 1 N–H and O–H groups in total. The van der Waals surface area contributed by atoms with E-state index in [2.05, 4.69) is 33.1 Å². The van der Waals surface area contributed by atoms with Crippen molar-refractivity contribution in [3.63, 3.8) is 0 Å². The van der Waals surface area contributed by atoms with Crippen molar-refractivity contribution in [2.45, 2.75) is 6.54 Å². The van der Waals surface area contributed by atoms with E-state index in [1.54, 1.807) is 6.07 Å². The fourth-order valence-electron chi connectivity index (χ4n) is 2.62. The van der Waals surface area contributed by atoms with Crippen LogP contribution in [0.3, 0.4) is 0 Å². The molecular weight excluding hydrogens is 296 g/mol. The summed E-state index contributed by atoms with van der Waals surface area (Å²) in [7, 11) is 2.14. The van der Waals surface area contributed by atoms with Gasteiger partial charge >= 0.3 is 0 Å². The molecule has 2 aromatic rings. The molecule has 1 aliphatic rings. The number of nitriles is 1. The molecule has 0 atom stereocenters. The summed E-state index contributed by atoms with van der Waals surface area (Å²) in [6, 6.07) is 9.59. The van der Waals surface area contributed by atoms with Gasteiger partial charge in [-0.3, -0.25) is 14.6 Å². The third-order valence-corrected chi connectivity index (χ3v) is 4.21. The number of likely N-dealkylation sites (N-methyl/N-ethyl adjacent to an activating group) is 1. The van der Waals surface area contributed by atoms with Gasteiger partial charge in [0.05, 0.1) is 23.9 Å². The van der Waals surface area contributed by atoms with E-state index in [9.17, 15) is 0 Å². The van der Waals surface area contributed by atoms with Crippen LogP contribution in [-0.2, 0) is 6.54 Å². The summed E-state index contributed by atoms with van der Waals surface area (Å²) < 4.78 is 2.47. The highest BCUT2D eigenvalue weighted by Gasteiger charge is 2.17. The van der Waals surface area contributed by atoms with Gasteiger partial charge in [-0.25, -0.2) is 0 Å². The number of aromatic nitrogens is 3. The van der Waals surface area contributed by atoms with Gasteiger partial charge in [0.2, 0.25) is 0 Å². The second kappa shape index (κ2) is 6.40. The molecule has 6 nitrogen and oxygen atoms in total. The van der Waals surface area contributed by atoms with Crippen LogP contribution < -0.4 is 0 Å². The minimum atomic E-state index is 0.555. The Labute approximate surface area is 134 Å². The lowest BCUT2D eigenvalue weighted by molar-refractivity contribution is 0.145. The molecule has 0 radical (unpaired) electrons. The van der Waals surface area contributed by atoms with Crippen LogP contribution >= 0.6 is 12.2 Å². The molecule has 114 valence electrons. The number of aromatic amines is 1. The molecule has 0 unspecified atom stereocenters. The summed E-state index contributed by atoms with van der Waals surface area (Å²) in [6.45, 7) is 4.92. The van der Waals surface area contributed by atoms with Crippen LogP contribution in [0.1, 0.15) is 11.4 Å². The van der Waals surface area contributed by atoms with E-state index in [4.69, 9.17) is 17.5 Å². The molecule has 0 aliphatic carbocycles. The van der Waals surface area contributed by atoms with Crippen LogP contribution in [0.15, 0.2) is 24.3 Å². The van der Waals surface area contributed by atoms with E-state index < -0.39 is 0 Å². The summed E-state index contributed by atoms with van der Waals surface area (Å²) in [4.78, 5) is 4.69. The van der Waals surface area contributed by atoms with E-state index in [0.717, 1.165) is 44.2 Å². The zero-order valence-corrected chi connectivity index (χ0v) is 13.3. The molecule has 0 saturated carbocycles. The largest absolute Gasteiger partial charge is 0.304 e. The maximum atomic E-state index is 9.06. The molecule has 1 saturated heterocycles. The third kappa shape index (κ3) is 3.09. The van der Waals surface area contributed by atoms with Crippen molar-refractivity contribution in [3.05, 3.63) is 40.4 Å². The summed E-state index contributed by atoms with van der Waals surface area (Å²) >= 11 is 5.36. The van der Waals surface area contributed by atoms with Gasteiger partial charge in [0.1, 0.15) is 5.82 Å². The molecule has 3 rings (SSSR count). The molecule has 0 spiro atoms. The lowest BCUT2D eigenvalue weighted by atomic mass is 10.2. The number of benzene rings is 1. The van der Waals surface area contributed by atoms with Crippen molar-refractivity contribution in [1.82, 2.24) is 24.6 Å². The van der Waals surface area contributed by atoms with Crippen LogP contribution in [0, 0.1) is 16.1 Å². The van der Waals surface area contributed by atoms with Gasteiger partial charge in [-0.15, -0.1) is 0 Å². The Hall–Kier alpha value is -2.01. The molecule has 1 aliphatic heterocycles. The monoisotopic (exact) mass is 314 g/mol. The SMILES string of the molecule is CN1CCN(Cc2n[nH]c(=S)n2-c2cccc(C#N)c2)CC1. The van der Waals surface area contributed by atoms with Gasteiger partial charge in [0.25, 0.3) is 0 Å². The van der Waals surface area contributed by atoms with Crippen molar-refractivity contribution in [2.75, 3.05) is 33.2 Å². The average molecular weight is 314 g/mol. The first kappa shape index (κ1) is 14.9. The quantitative estimate of drug-likeness (QED) is 0.871. The van der Waals surface area contributed by atoms with Crippen LogP contribution in [-0.4, -0.2) is 57.8 Å². The fraction of sp³-hybridized carbons (Fsp3) is 0.400. The first-order valence-corrected chi connectivity index (χ1v) is 7.66. The fourth-order valence-corrected chi connectivity index (χ4v) is 2.88. The maximum absolute atomic E-state index is 9.06. The van der Waals surface area contributed by atoms with E-state index in [-0.39, 0.29) is 0 Å². The predicted molar refractivity (Wildman–Crippen MR) is 86.2 cm³/mol. The molecule has 2 heterocycles. The molecule has 22 heavy (non-hydrogen) atoms. The van der Waals surface area contributed by atoms with Gasteiger partial charge < -0.3 is 4.90 Å². The van der Waals surface area contributed by atoms with E-state index in [1.165, 1.54) is 0 Å². The maximum Gasteiger partial charge on any atom is 0.199 e. The summed E-state index contributed by atoms with van der Waals surface area (Å²) in [6.07, 6.45) is 0.